The minimum absolute atomic E-state index is 0.105. The third-order valence-electron chi connectivity index (χ3n) is 6.83. The van der Waals surface area contributed by atoms with Gasteiger partial charge in [-0.05, 0) is 43.9 Å². The van der Waals surface area contributed by atoms with Gasteiger partial charge in [0.2, 0.25) is 5.91 Å². The van der Waals surface area contributed by atoms with Gasteiger partial charge >= 0.3 is 0 Å². The summed E-state index contributed by atoms with van der Waals surface area (Å²) in [5, 5.41) is 10.1. The first-order valence-corrected chi connectivity index (χ1v) is 11.9. The smallest absolute Gasteiger partial charge is 0.246 e. The zero-order chi connectivity index (χ0) is 21.5. The van der Waals surface area contributed by atoms with Crippen molar-refractivity contribution in [3.63, 3.8) is 0 Å². The van der Waals surface area contributed by atoms with Crippen LogP contribution in [-0.2, 0) is 11.3 Å². The van der Waals surface area contributed by atoms with Gasteiger partial charge in [0.05, 0.1) is 12.5 Å². The van der Waals surface area contributed by atoms with Crippen molar-refractivity contribution in [1.29, 1.82) is 5.26 Å². The summed E-state index contributed by atoms with van der Waals surface area (Å²) in [6.07, 6.45) is 14.2. The number of benzene rings is 1. The average Bonchev–Trinajstić information content (AvgIpc) is 2.98. The molecule has 0 unspecified atom stereocenters. The summed E-state index contributed by atoms with van der Waals surface area (Å²) < 4.78 is 2.11. The molecule has 1 aliphatic heterocycles. The van der Waals surface area contributed by atoms with E-state index in [2.05, 4.69) is 33.9 Å². The second-order valence-electron chi connectivity index (χ2n) is 9.02. The van der Waals surface area contributed by atoms with Crippen LogP contribution in [0.3, 0.4) is 0 Å². The maximum absolute atomic E-state index is 12.9. The molecule has 0 bridgehead atoms. The Morgan fingerprint density at radius 1 is 1.06 bits per heavy atom. The molecule has 0 spiro atoms. The Balaban J connectivity index is 1.37. The number of para-hydroxylation sites is 1. The van der Waals surface area contributed by atoms with Crippen molar-refractivity contribution in [2.24, 2.45) is 5.92 Å². The number of nitrogens with zero attached hydrogens (tertiary/aromatic N) is 4. The van der Waals surface area contributed by atoms with Crippen molar-refractivity contribution in [3.8, 4) is 6.07 Å². The molecular formula is C26H34N4O. The van der Waals surface area contributed by atoms with Gasteiger partial charge in [0.15, 0.2) is 0 Å². The second kappa shape index (κ2) is 10.6. The Kier molecular flexibility index (Phi) is 7.43. The van der Waals surface area contributed by atoms with Crippen LogP contribution in [0.15, 0.2) is 36.5 Å². The SMILES string of the molecule is N#CCCn1cc(/C=C/C(=O)N2CCCN(CC3CCCCC3)CC2)c2ccccc21. The van der Waals surface area contributed by atoms with Gasteiger partial charge in [-0.1, -0.05) is 37.5 Å². The topological polar surface area (TPSA) is 52.3 Å². The van der Waals surface area contributed by atoms with Gasteiger partial charge in [-0.15, -0.1) is 0 Å². The molecule has 5 heteroatoms. The Morgan fingerprint density at radius 3 is 2.74 bits per heavy atom. The number of fused-ring (bicyclic) bond motifs is 1. The third kappa shape index (κ3) is 5.57. The monoisotopic (exact) mass is 418 g/mol. The molecule has 1 aliphatic carbocycles. The molecule has 1 amide bonds. The fourth-order valence-electron chi connectivity index (χ4n) is 5.14. The molecule has 4 rings (SSSR count). The lowest BCUT2D eigenvalue weighted by molar-refractivity contribution is -0.125. The zero-order valence-electron chi connectivity index (χ0n) is 18.5. The number of hydrogen-bond acceptors (Lipinski definition) is 3. The maximum Gasteiger partial charge on any atom is 0.246 e. The van der Waals surface area contributed by atoms with Crippen molar-refractivity contribution in [2.75, 3.05) is 32.7 Å². The van der Waals surface area contributed by atoms with Gasteiger partial charge in [0, 0.05) is 61.5 Å². The van der Waals surface area contributed by atoms with E-state index >= 15 is 0 Å². The summed E-state index contributed by atoms with van der Waals surface area (Å²) >= 11 is 0. The summed E-state index contributed by atoms with van der Waals surface area (Å²) in [6, 6.07) is 10.4. The summed E-state index contributed by atoms with van der Waals surface area (Å²) in [5.74, 6) is 0.961. The van der Waals surface area contributed by atoms with E-state index in [4.69, 9.17) is 5.26 Å². The van der Waals surface area contributed by atoms with Crippen LogP contribution in [0.2, 0.25) is 0 Å². The number of amides is 1. The van der Waals surface area contributed by atoms with E-state index in [1.807, 2.05) is 23.1 Å². The summed E-state index contributed by atoms with van der Waals surface area (Å²) in [7, 11) is 0. The molecule has 2 aromatic rings. The Bertz CT molecular complexity index is 948. The molecular weight excluding hydrogens is 384 g/mol. The number of carbonyl (C=O) groups excluding carboxylic acids is 1. The normalized spacial score (nSPS) is 19.0. The highest BCUT2D eigenvalue weighted by molar-refractivity contribution is 5.96. The minimum Gasteiger partial charge on any atom is -0.346 e. The predicted octanol–water partition coefficient (Wildman–Crippen LogP) is 4.68. The lowest BCUT2D eigenvalue weighted by Gasteiger charge is -2.28. The van der Waals surface area contributed by atoms with E-state index < -0.39 is 0 Å². The highest BCUT2D eigenvalue weighted by atomic mass is 16.2. The quantitative estimate of drug-likeness (QED) is 0.640. The number of hydrogen-bond donors (Lipinski definition) is 0. The highest BCUT2D eigenvalue weighted by Gasteiger charge is 2.21. The lowest BCUT2D eigenvalue weighted by atomic mass is 9.89. The first-order valence-electron chi connectivity index (χ1n) is 11.9. The molecule has 5 nitrogen and oxygen atoms in total. The molecule has 0 radical (unpaired) electrons. The van der Waals surface area contributed by atoms with Crippen molar-refractivity contribution in [1.82, 2.24) is 14.4 Å². The van der Waals surface area contributed by atoms with Gasteiger partial charge in [-0.2, -0.15) is 5.26 Å². The number of nitriles is 1. The van der Waals surface area contributed by atoms with Crippen LogP contribution in [-0.4, -0.2) is 53.0 Å². The van der Waals surface area contributed by atoms with Crippen molar-refractivity contribution >= 4 is 22.9 Å². The zero-order valence-corrected chi connectivity index (χ0v) is 18.5. The van der Waals surface area contributed by atoms with Crippen molar-refractivity contribution in [2.45, 2.75) is 51.5 Å². The van der Waals surface area contributed by atoms with Gasteiger partial charge in [0.25, 0.3) is 0 Å². The number of aryl methyl sites for hydroxylation is 1. The van der Waals surface area contributed by atoms with Gasteiger partial charge in [-0.25, -0.2) is 0 Å². The van der Waals surface area contributed by atoms with Crippen LogP contribution in [0.1, 0.15) is 50.5 Å². The number of rotatable bonds is 6. The molecule has 2 heterocycles. The first kappa shape index (κ1) is 21.6. The van der Waals surface area contributed by atoms with Crippen molar-refractivity contribution < 1.29 is 4.79 Å². The molecule has 1 aromatic heterocycles. The first-order chi connectivity index (χ1) is 15.2. The van der Waals surface area contributed by atoms with Crippen LogP contribution in [0, 0.1) is 17.2 Å². The Labute approximate surface area is 185 Å². The molecule has 164 valence electrons. The van der Waals surface area contributed by atoms with Crippen LogP contribution in [0.4, 0.5) is 0 Å². The predicted molar refractivity (Wildman–Crippen MR) is 125 cm³/mol. The van der Waals surface area contributed by atoms with Gasteiger partial charge < -0.3 is 14.4 Å². The third-order valence-corrected chi connectivity index (χ3v) is 6.83. The Morgan fingerprint density at radius 2 is 1.90 bits per heavy atom. The van der Waals surface area contributed by atoms with Crippen LogP contribution < -0.4 is 0 Å². The Hall–Kier alpha value is -2.58. The van der Waals surface area contributed by atoms with Crippen molar-refractivity contribution in [3.05, 3.63) is 42.1 Å². The molecule has 1 saturated carbocycles. The van der Waals surface area contributed by atoms with E-state index in [1.54, 1.807) is 6.08 Å². The molecule has 2 fully saturated rings. The molecule has 1 saturated heterocycles. The van der Waals surface area contributed by atoms with Crippen LogP contribution in [0.25, 0.3) is 17.0 Å². The molecule has 0 atom stereocenters. The average molecular weight is 419 g/mol. The van der Waals surface area contributed by atoms with Crippen LogP contribution >= 0.6 is 0 Å². The summed E-state index contributed by atoms with van der Waals surface area (Å²) in [5.41, 5.74) is 2.15. The highest BCUT2D eigenvalue weighted by Crippen LogP contribution is 2.25. The molecule has 0 N–H and O–H groups in total. The summed E-state index contributed by atoms with van der Waals surface area (Å²) in [4.78, 5) is 17.5. The fourth-order valence-corrected chi connectivity index (χ4v) is 5.14. The standard InChI is InChI=1S/C26H34N4O/c27-14-6-16-30-21-23(24-10-4-5-11-25(24)30)12-13-26(31)29-17-7-15-28(18-19-29)20-22-8-2-1-3-9-22/h4-5,10-13,21-22H,1-3,6-9,15-20H2/b13-12+. The van der Waals surface area contributed by atoms with E-state index in [9.17, 15) is 4.79 Å². The van der Waals surface area contributed by atoms with Gasteiger partial charge in [0.1, 0.15) is 0 Å². The lowest BCUT2D eigenvalue weighted by Crippen LogP contribution is -2.36. The van der Waals surface area contributed by atoms with E-state index in [0.717, 1.165) is 55.0 Å². The number of carbonyl (C=O) groups is 1. The number of aromatic nitrogens is 1. The van der Waals surface area contributed by atoms with E-state index in [1.165, 1.54) is 38.6 Å². The largest absolute Gasteiger partial charge is 0.346 e. The van der Waals surface area contributed by atoms with Gasteiger partial charge in [-0.3, -0.25) is 4.79 Å². The van der Waals surface area contributed by atoms with E-state index in [0.29, 0.717) is 13.0 Å². The molecule has 1 aromatic carbocycles. The minimum atomic E-state index is 0.105. The van der Waals surface area contributed by atoms with Crippen LogP contribution in [0.5, 0.6) is 0 Å². The summed E-state index contributed by atoms with van der Waals surface area (Å²) in [6.45, 7) is 5.63. The van der Waals surface area contributed by atoms with E-state index in [-0.39, 0.29) is 5.91 Å². The molecule has 2 aliphatic rings. The second-order valence-corrected chi connectivity index (χ2v) is 9.02. The fraction of sp³-hybridized carbons (Fsp3) is 0.538. The molecule has 31 heavy (non-hydrogen) atoms. The maximum atomic E-state index is 12.9.